The number of ether oxygens (including phenoxy) is 1. The van der Waals surface area contributed by atoms with Crippen molar-refractivity contribution in [1.29, 1.82) is 0 Å². The molecule has 1 aromatic carbocycles. The maximum absolute atomic E-state index is 12.5. The summed E-state index contributed by atoms with van der Waals surface area (Å²) in [4.78, 5) is 0. The number of nitrogens with two attached hydrogens (primary N) is 1. The van der Waals surface area contributed by atoms with Crippen LogP contribution in [0.2, 0.25) is 0 Å². The van der Waals surface area contributed by atoms with Crippen molar-refractivity contribution in [3.8, 4) is 5.75 Å². The van der Waals surface area contributed by atoms with Crippen molar-refractivity contribution in [1.82, 2.24) is 0 Å². The van der Waals surface area contributed by atoms with Crippen molar-refractivity contribution >= 4 is 12.4 Å². The molecular weight excluding hydrogens is 255 g/mol. The molecule has 17 heavy (non-hydrogen) atoms. The summed E-state index contributed by atoms with van der Waals surface area (Å²) in [6.07, 6.45) is -2.78. The molecule has 2 N–H and O–H groups in total. The fourth-order valence-corrected chi connectivity index (χ4v) is 1.68. The SMILES string of the molecule is COc1cc(C(F)(F)F)ccc1C1(N)CC1.Cl. The van der Waals surface area contributed by atoms with Crippen molar-refractivity contribution in [3.63, 3.8) is 0 Å². The summed E-state index contributed by atoms with van der Waals surface area (Å²) in [5.41, 5.74) is 5.40. The molecule has 2 nitrogen and oxygen atoms in total. The number of halogens is 4. The lowest BCUT2D eigenvalue weighted by Crippen LogP contribution is -2.20. The molecule has 2 rings (SSSR count). The Kier molecular flexibility index (Phi) is 3.64. The Balaban J connectivity index is 0.00000144. The fourth-order valence-electron chi connectivity index (χ4n) is 1.68. The van der Waals surface area contributed by atoms with Gasteiger partial charge in [-0.2, -0.15) is 13.2 Å². The second-order valence-electron chi connectivity index (χ2n) is 4.07. The van der Waals surface area contributed by atoms with Crippen LogP contribution < -0.4 is 10.5 Å². The number of rotatable bonds is 2. The Hall–Kier alpha value is -0.940. The molecule has 96 valence electrons. The van der Waals surface area contributed by atoms with Gasteiger partial charge in [0.05, 0.1) is 12.7 Å². The smallest absolute Gasteiger partial charge is 0.416 e. The van der Waals surface area contributed by atoms with E-state index in [4.69, 9.17) is 10.5 Å². The van der Waals surface area contributed by atoms with Crippen molar-refractivity contribution in [2.45, 2.75) is 24.6 Å². The first-order chi connectivity index (χ1) is 7.37. The van der Waals surface area contributed by atoms with Gasteiger partial charge in [-0.15, -0.1) is 12.4 Å². The average Bonchev–Trinajstić information content (AvgIpc) is 2.95. The van der Waals surface area contributed by atoms with Crippen LogP contribution in [0.1, 0.15) is 24.0 Å². The van der Waals surface area contributed by atoms with E-state index in [-0.39, 0.29) is 18.2 Å². The lowest BCUT2D eigenvalue weighted by atomic mass is 10.0. The van der Waals surface area contributed by atoms with Gasteiger partial charge in [0.25, 0.3) is 0 Å². The number of methoxy groups -OCH3 is 1. The lowest BCUT2D eigenvalue weighted by Gasteiger charge is -2.16. The van der Waals surface area contributed by atoms with Crippen LogP contribution in [-0.4, -0.2) is 7.11 Å². The fraction of sp³-hybridized carbons (Fsp3) is 0.455. The van der Waals surface area contributed by atoms with Crippen LogP contribution >= 0.6 is 12.4 Å². The van der Waals surface area contributed by atoms with Crippen LogP contribution in [0.4, 0.5) is 13.2 Å². The van der Waals surface area contributed by atoms with Crippen molar-refractivity contribution in [2.24, 2.45) is 5.73 Å². The summed E-state index contributed by atoms with van der Waals surface area (Å²) < 4.78 is 42.4. The third kappa shape index (κ3) is 2.66. The lowest BCUT2D eigenvalue weighted by molar-refractivity contribution is -0.137. The van der Waals surface area contributed by atoms with Crippen LogP contribution in [0, 0.1) is 0 Å². The van der Waals surface area contributed by atoms with Crippen LogP contribution in [0.3, 0.4) is 0 Å². The quantitative estimate of drug-likeness (QED) is 0.894. The summed E-state index contributed by atoms with van der Waals surface area (Å²) in [5.74, 6) is 0.217. The van der Waals surface area contributed by atoms with Crippen LogP contribution in [0.5, 0.6) is 5.75 Å². The highest BCUT2D eigenvalue weighted by Gasteiger charge is 2.43. The molecule has 0 aromatic heterocycles. The summed E-state index contributed by atoms with van der Waals surface area (Å²) >= 11 is 0. The number of hydrogen-bond donors (Lipinski definition) is 1. The third-order valence-electron chi connectivity index (χ3n) is 2.85. The minimum Gasteiger partial charge on any atom is -0.496 e. The number of alkyl halides is 3. The number of benzene rings is 1. The molecular formula is C11H13ClF3NO. The van der Waals surface area contributed by atoms with Crippen LogP contribution in [0.25, 0.3) is 0 Å². The molecule has 1 aliphatic rings. The minimum absolute atomic E-state index is 0. The van der Waals surface area contributed by atoms with E-state index >= 15 is 0 Å². The van der Waals surface area contributed by atoms with Gasteiger partial charge in [0.15, 0.2) is 0 Å². The molecule has 0 saturated heterocycles. The third-order valence-corrected chi connectivity index (χ3v) is 2.85. The van der Waals surface area contributed by atoms with E-state index < -0.39 is 17.3 Å². The van der Waals surface area contributed by atoms with Gasteiger partial charge < -0.3 is 10.5 Å². The molecule has 0 bridgehead atoms. The van der Waals surface area contributed by atoms with Gasteiger partial charge in [-0.3, -0.25) is 0 Å². The molecule has 6 heteroatoms. The van der Waals surface area contributed by atoms with Gasteiger partial charge in [0, 0.05) is 11.1 Å². The van der Waals surface area contributed by atoms with Crippen molar-refractivity contribution in [2.75, 3.05) is 7.11 Å². The van der Waals surface area contributed by atoms with E-state index in [9.17, 15) is 13.2 Å². The molecule has 1 aliphatic carbocycles. The zero-order chi connectivity index (χ0) is 12.0. The highest BCUT2D eigenvalue weighted by molar-refractivity contribution is 5.85. The maximum atomic E-state index is 12.5. The Morgan fingerprint density at radius 3 is 2.29 bits per heavy atom. The van der Waals surface area contributed by atoms with Crippen LogP contribution in [0.15, 0.2) is 18.2 Å². The highest BCUT2D eigenvalue weighted by Crippen LogP contribution is 2.47. The topological polar surface area (TPSA) is 35.2 Å². The molecule has 0 atom stereocenters. The zero-order valence-electron chi connectivity index (χ0n) is 9.17. The van der Waals surface area contributed by atoms with E-state index in [1.807, 2.05) is 0 Å². The maximum Gasteiger partial charge on any atom is 0.416 e. The second-order valence-corrected chi connectivity index (χ2v) is 4.07. The Morgan fingerprint density at radius 2 is 1.88 bits per heavy atom. The summed E-state index contributed by atoms with van der Waals surface area (Å²) in [5, 5.41) is 0. The van der Waals surface area contributed by atoms with Gasteiger partial charge in [-0.1, -0.05) is 6.07 Å². The van der Waals surface area contributed by atoms with E-state index in [1.165, 1.54) is 13.2 Å². The standard InChI is InChI=1S/C11H12F3NO.ClH/c1-16-9-6-7(11(12,13)14)2-3-8(9)10(15)4-5-10;/h2-3,6H,4-5,15H2,1H3;1H. The van der Waals surface area contributed by atoms with Gasteiger partial charge in [-0.25, -0.2) is 0 Å². The van der Waals surface area contributed by atoms with E-state index in [1.54, 1.807) is 0 Å². The first kappa shape index (κ1) is 14.1. The molecule has 0 unspecified atom stereocenters. The van der Waals surface area contributed by atoms with Gasteiger partial charge >= 0.3 is 6.18 Å². The number of hydrogen-bond acceptors (Lipinski definition) is 2. The predicted molar refractivity (Wildman–Crippen MR) is 60.3 cm³/mol. The van der Waals surface area contributed by atoms with Crippen molar-refractivity contribution < 1.29 is 17.9 Å². The molecule has 1 saturated carbocycles. The normalized spacial score (nSPS) is 17.2. The molecule has 0 heterocycles. The summed E-state index contributed by atoms with van der Waals surface area (Å²) in [6, 6.07) is 3.46. The predicted octanol–water partition coefficient (Wildman–Crippen LogP) is 3.08. The summed E-state index contributed by atoms with van der Waals surface area (Å²) in [6.45, 7) is 0. The monoisotopic (exact) mass is 267 g/mol. The molecule has 0 aliphatic heterocycles. The second kappa shape index (κ2) is 4.38. The molecule has 1 aromatic rings. The Morgan fingerprint density at radius 1 is 1.29 bits per heavy atom. The molecule has 0 radical (unpaired) electrons. The van der Waals surface area contributed by atoms with E-state index in [2.05, 4.69) is 0 Å². The molecule has 0 spiro atoms. The Bertz CT molecular complexity index is 416. The summed E-state index contributed by atoms with van der Waals surface area (Å²) in [7, 11) is 1.35. The highest BCUT2D eigenvalue weighted by atomic mass is 35.5. The van der Waals surface area contributed by atoms with Gasteiger partial charge in [0.1, 0.15) is 5.75 Å². The largest absolute Gasteiger partial charge is 0.496 e. The molecule has 1 fully saturated rings. The first-order valence-corrected chi connectivity index (χ1v) is 4.91. The zero-order valence-corrected chi connectivity index (χ0v) is 9.99. The molecule has 0 amide bonds. The minimum atomic E-state index is -4.35. The van der Waals surface area contributed by atoms with Gasteiger partial charge in [0.2, 0.25) is 0 Å². The Labute approximate surface area is 103 Å². The average molecular weight is 268 g/mol. The first-order valence-electron chi connectivity index (χ1n) is 4.91. The van der Waals surface area contributed by atoms with E-state index in [0.29, 0.717) is 5.56 Å². The van der Waals surface area contributed by atoms with Crippen LogP contribution in [-0.2, 0) is 11.7 Å². The van der Waals surface area contributed by atoms with Gasteiger partial charge in [-0.05, 0) is 25.0 Å². The van der Waals surface area contributed by atoms with E-state index in [0.717, 1.165) is 25.0 Å². The van der Waals surface area contributed by atoms with Crippen molar-refractivity contribution in [3.05, 3.63) is 29.3 Å².